The van der Waals surface area contributed by atoms with Crippen molar-refractivity contribution in [3.63, 3.8) is 0 Å². The van der Waals surface area contributed by atoms with Crippen LogP contribution in [0.4, 0.5) is 9.39 Å². The fourth-order valence-electron chi connectivity index (χ4n) is 5.12. The smallest absolute Gasteiger partial charge is 0.291 e. The van der Waals surface area contributed by atoms with E-state index in [-0.39, 0.29) is 17.8 Å². The molecule has 174 valence electrons. The maximum absolute atomic E-state index is 14.4. The number of furan rings is 1. The molecule has 1 atom stereocenters. The lowest BCUT2D eigenvalue weighted by Crippen LogP contribution is -2.47. The van der Waals surface area contributed by atoms with Crippen LogP contribution in [0.5, 0.6) is 0 Å². The van der Waals surface area contributed by atoms with Crippen LogP contribution in [0, 0.1) is 5.82 Å². The molecule has 1 amide bonds. The summed E-state index contributed by atoms with van der Waals surface area (Å²) >= 11 is 1.68. The first kappa shape index (κ1) is 22.3. The summed E-state index contributed by atoms with van der Waals surface area (Å²) in [6.45, 7) is 7.02. The third-order valence-electron chi connectivity index (χ3n) is 6.84. The Bertz CT molecular complexity index is 1100. The zero-order valence-corrected chi connectivity index (χ0v) is 19.8. The molecule has 5 rings (SSSR count). The number of anilines is 1. The van der Waals surface area contributed by atoms with Gasteiger partial charge in [0.1, 0.15) is 10.8 Å². The van der Waals surface area contributed by atoms with Gasteiger partial charge in [-0.2, -0.15) is 0 Å². The van der Waals surface area contributed by atoms with E-state index in [9.17, 15) is 9.18 Å². The predicted molar refractivity (Wildman–Crippen MR) is 130 cm³/mol. The molecule has 1 N–H and O–H groups in total. The van der Waals surface area contributed by atoms with Gasteiger partial charge in [0.25, 0.3) is 5.91 Å². The van der Waals surface area contributed by atoms with Crippen LogP contribution in [0.2, 0.25) is 0 Å². The highest BCUT2D eigenvalue weighted by Gasteiger charge is 2.34. The van der Waals surface area contributed by atoms with Gasteiger partial charge in [0.05, 0.1) is 12.3 Å². The molecule has 0 radical (unpaired) electrons. The Balaban J connectivity index is 1.59. The molecule has 1 fully saturated rings. The number of amides is 1. The van der Waals surface area contributed by atoms with Crippen molar-refractivity contribution in [2.24, 2.45) is 0 Å². The Labute approximate surface area is 198 Å². The first-order valence-electron chi connectivity index (χ1n) is 11.8. The topological polar surface area (TPSA) is 48.7 Å². The van der Waals surface area contributed by atoms with E-state index in [1.807, 2.05) is 6.07 Å². The van der Waals surface area contributed by atoms with Gasteiger partial charge in [-0.1, -0.05) is 19.1 Å². The molecule has 0 unspecified atom stereocenters. The lowest BCUT2D eigenvalue weighted by molar-refractivity contribution is 0.0995. The van der Waals surface area contributed by atoms with Crippen LogP contribution < -0.4 is 5.32 Å². The molecule has 1 aliphatic carbocycles. The van der Waals surface area contributed by atoms with Crippen molar-refractivity contribution in [1.29, 1.82) is 0 Å². The van der Waals surface area contributed by atoms with Crippen molar-refractivity contribution in [2.45, 2.75) is 38.6 Å². The highest BCUT2D eigenvalue weighted by atomic mass is 32.1. The number of aryl methyl sites for hydroxylation is 1. The van der Waals surface area contributed by atoms with E-state index in [2.05, 4.69) is 22.0 Å². The van der Waals surface area contributed by atoms with Crippen molar-refractivity contribution in [3.8, 4) is 0 Å². The van der Waals surface area contributed by atoms with E-state index >= 15 is 0 Å². The normalized spacial score (nSPS) is 18.1. The van der Waals surface area contributed by atoms with Crippen molar-refractivity contribution in [3.05, 3.63) is 75.8 Å². The molecule has 2 aliphatic rings. The van der Waals surface area contributed by atoms with Gasteiger partial charge < -0.3 is 14.6 Å². The van der Waals surface area contributed by atoms with Crippen LogP contribution in [0.25, 0.3) is 0 Å². The zero-order chi connectivity index (χ0) is 22.8. The highest BCUT2D eigenvalue weighted by Crippen LogP contribution is 2.45. The van der Waals surface area contributed by atoms with Crippen LogP contribution in [0.1, 0.15) is 57.9 Å². The van der Waals surface area contributed by atoms with Crippen LogP contribution in [-0.4, -0.2) is 48.4 Å². The molecule has 3 heterocycles. The number of halogens is 1. The second kappa shape index (κ2) is 9.79. The predicted octanol–water partition coefficient (Wildman–Crippen LogP) is 5.34. The number of carbonyl (C=O) groups is 1. The third kappa shape index (κ3) is 4.63. The third-order valence-corrected chi connectivity index (χ3v) is 8.06. The van der Waals surface area contributed by atoms with Crippen molar-refractivity contribution < 1.29 is 13.6 Å². The molecule has 1 aliphatic heterocycles. The van der Waals surface area contributed by atoms with E-state index < -0.39 is 0 Å². The van der Waals surface area contributed by atoms with Crippen LogP contribution in [-0.2, 0) is 12.8 Å². The Morgan fingerprint density at radius 1 is 1.15 bits per heavy atom. The Morgan fingerprint density at radius 2 is 1.97 bits per heavy atom. The quantitative estimate of drug-likeness (QED) is 0.532. The summed E-state index contributed by atoms with van der Waals surface area (Å²) in [7, 11) is 0. The van der Waals surface area contributed by atoms with E-state index in [0.29, 0.717) is 5.76 Å². The fourth-order valence-corrected chi connectivity index (χ4v) is 6.44. The molecular formula is C26H30FN3O2S. The van der Waals surface area contributed by atoms with E-state index in [1.54, 1.807) is 35.6 Å². The average Bonchev–Trinajstić information content (AvgIpc) is 3.49. The number of nitrogens with one attached hydrogen (secondary N) is 1. The van der Waals surface area contributed by atoms with E-state index in [1.165, 1.54) is 29.2 Å². The number of benzene rings is 1. The Morgan fingerprint density at radius 3 is 2.70 bits per heavy atom. The first-order valence-corrected chi connectivity index (χ1v) is 12.7. The van der Waals surface area contributed by atoms with Crippen LogP contribution in [0.3, 0.4) is 0 Å². The SMILES string of the molecule is CCN1CCN([C@@H](c2cccc(F)c2)c2c(NC(=O)c3ccco3)sc3c2CCCC3)CC1. The van der Waals surface area contributed by atoms with Crippen molar-refractivity contribution in [2.75, 3.05) is 38.0 Å². The number of thiophene rings is 1. The summed E-state index contributed by atoms with van der Waals surface area (Å²) in [5, 5.41) is 4.02. The van der Waals surface area contributed by atoms with Gasteiger partial charge in [0.15, 0.2) is 5.76 Å². The molecular weight excluding hydrogens is 437 g/mol. The fraction of sp³-hybridized carbons (Fsp3) is 0.423. The number of rotatable bonds is 6. The molecule has 0 saturated carbocycles. The second-order valence-electron chi connectivity index (χ2n) is 8.81. The molecule has 0 spiro atoms. The molecule has 1 saturated heterocycles. The zero-order valence-electron chi connectivity index (χ0n) is 19.0. The van der Waals surface area contributed by atoms with Crippen molar-refractivity contribution >= 4 is 22.2 Å². The minimum Gasteiger partial charge on any atom is -0.459 e. The van der Waals surface area contributed by atoms with Gasteiger partial charge in [-0.25, -0.2) is 4.39 Å². The van der Waals surface area contributed by atoms with Gasteiger partial charge >= 0.3 is 0 Å². The Hall–Kier alpha value is -2.48. The number of hydrogen-bond donors (Lipinski definition) is 1. The number of hydrogen-bond acceptors (Lipinski definition) is 5. The van der Waals surface area contributed by atoms with Crippen LogP contribution in [0.15, 0.2) is 47.1 Å². The average molecular weight is 468 g/mol. The summed E-state index contributed by atoms with van der Waals surface area (Å²) in [6.07, 6.45) is 5.85. The monoisotopic (exact) mass is 467 g/mol. The maximum atomic E-state index is 14.4. The van der Waals surface area contributed by atoms with Gasteiger partial charge in [-0.3, -0.25) is 9.69 Å². The molecule has 1 aromatic carbocycles. The minimum atomic E-state index is -0.242. The summed E-state index contributed by atoms with van der Waals surface area (Å²) in [5.41, 5.74) is 3.43. The number of nitrogens with zero attached hydrogens (tertiary/aromatic N) is 2. The second-order valence-corrected chi connectivity index (χ2v) is 9.92. The number of likely N-dealkylation sites (N-methyl/N-ethyl adjacent to an activating group) is 1. The van der Waals surface area contributed by atoms with Gasteiger partial charge in [0.2, 0.25) is 0 Å². The van der Waals surface area contributed by atoms with Crippen molar-refractivity contribution in [1.82, 2.24) is 9.80 Å². The molecule has 2 aromatic heterocycles. The molecule has 3 aromatic rings. The minimum absolute atomic E-state index is 0.0929. The first-order chi connectivity index (χ1) is 16.1. The summed E-state index contributed by atoms with van der Waals surface area (Å²) in [5.74, 6) is -0.171. The maximum Gasteiger partial charge on any atom is 0.291 e. The van der Waals surface area contributed by atoms with Gasteiger partial charge in [-0.05, 0) is 67.6 Å². The number of piperazine rings is 1. The van der Waals surface area contributed by atoms with E-state index in [4.69, 9.17) is 4.42 Å². The Kier molecular flexibility index (Phi) is 6.62. The summed E-state index contributed by atoms with van der Waals surface area (Å²) in [4.78, 5) is 19.2. The van der Waals surface area contributed by atoms with Gasteiger partial charge in [0, 0.05) is 36.6 Å². The van der Waals surface area contributed by atoms with Crippen LogP contribution >= 0.6 is 11.3 Å². The number of fused-ring (bicyclic) bond motifs is 1. The highest BCUT2D eigenvalue weighted by molar-refractivity contribution is 7.16. The standard InChI is InChI=1S/C26H30FN3O2S/c1-2-29-12-14-30(15-13-29)24(18-7-5-8-19(27)17-18)23-20-9-3-4-11-22(20)33-26(23)28-25(31)21-10-6-16-32-21/h5-8,10,16-17,24H,2-4,9,11-15H2,1H3,(H,28,31)/t24-/m0/s1. The lowest BCUT2D eigenvalue weighted by atomic mass is 9.88. The summed E-state index contributed by atoms with van der Waals surface area (Å²) in [6, 6.07) is 10.3. The molecule has 5 nitrogen and oxygen atoms in total. The largest absolute Gasteiger partial charge is 0.459 e. The lowest BCUT2D eigenvalue weighted by Gasteiger charge is -2.40. The molecule has 7 heteroatoms. The molecule has 33 heavy (non-hydrogen) atoms. The number of carbonyl (C=O) groups excluding carboxylic acids is 1. The van der Waals surface area contributed by atoms with E-state index in [0.717, 1.165) is 68.1 Å². The molecule has 0 bridgehead atoms. The summed E-state index contributed by atoms with van der Waals surface area (Å²) < 4.78 is 19.7. The van der Waals surface area contributed by atoms with Gasteiger partial charge in [-0.15, -0.1) is 11.3 Å².